The Balaban J connectivity index is 3.57. The van der Waals surface area contributed by atoms with Crippen LogP contribution in [0.1, 0.15) is 33.6 Å². The van der Waals surface area contributed by atoms with Gasteiger partial charge in [0.05, 0.1) is 12.7 Å². The van der Waals surface area contributed by atoms with E-state index >= 15 is 0 Å². The second-order valence-corrected chi connectivity index (χ2v) is 3.59. The fourth-order valence-electron chi connectivity index (χ4n) is 1.01. The van der Waals surface area contributed by atoms with Crippen LogP contribution in [0.25, 0.3) is 0 Å². The van der Waals surface area contributed by atoms with Crippen molar-refractivity contribution in [3.8, 4) is 0 Å². The topological polar surface area (TPSA) is 40.5 Å². The van der Waals surface area contributed by atoms with Crippen LogP contribution in [-0.2, 0) is 0 Å². The summed E-state index contributed by atoms with van der Waals surface area (Å²) in [5.74, 6) is 0.186. The molecule has 0 spiro atoms. The van der Waals surface area contributed by atoms with Crippen LogP contribution < -0.4 is 0 Å². The van der Waals surface area contributed by atoms with Crippen LogP contribution in [0.2, 0.25) is 0 Å². The van der Waals surface area contributed by atoms with E-state index in [1.807, 2.05) is 6.92 Å². The molecule has 0 bridgehead atoms. The maximum absolute atomic E-state index is 9.22. The van der Waals surface area contributed by atoms with Gasteiger partial charge < -0.3 is 10.2 Å². The Morgan fingerprint density at radius 1 is 1.42 bits per heavy atom. The molecular formula is C10H20O2. The first-order chi connectivity index (χ1) is 5.57. The summed E-state index contributed by atoms with van der Waals surface area (Å²) in [5, 5.41) is 17.9. The molecule has 0 saturated heterocycles. The lowest BCUT2D eigenvalue weighted by Crippen LogP contribution is -2.21. The van der Waals surface area contributed by atoms with E-state index in [1.165, 1.54) is 5.57 Å². The molecule has 1 unspecified atom stereocenters. The molecule has 0 heterocycles. The van der Waals surface area contributed by atoms with Crippen LogP contribution in [-0.4, -0.2) is 22.9 Å². The lowest BCUT2D eigenvalue weighted by molar-refractivity contribution is 0.0507. The molecule has 0 radical (unpaired) electrons. The summed E-state index contributed by atoms with van der Waals surface area (Å²) >= 11 is 0. The first-order valence-corrected chi connectivity index (χ1v) is 4.50. The average Bonchev–Trinajstić information content (AvgIpc) is 2.02. The van der Waals surface area contributed by atoms with Gasteiger partial charge in [0.25, 0.3) is 0 Å². The number of hydrogen-bond donors (Lipinski definition) is 2. The molecule has 12 heavy (non-hydrogen) atoms. The zero-order valence-electron chi connectivity index (χ0n) is 8.25. The van der Waals surface area contributed by atoms with Crippen molar-refractivity contribution < 1.29 is 10.2 Å². The quantitative estimate of drug-likeness (QED) is 0.620. The van der Waals surface area contributed by atoms with E-state index in [-0.39, 0.29) is 12.5 Å². The number of rotatable bonds is 5. The Labute approximate surface area is 74.9 Å². The summed E-state index contributed by atoms with van der Waals surface area (Å²) < 4.78 is 0. The van der Waals surface area contributed by atoms with Gasteiger partial charge in [-0.3, -0.25) is 0 Å². The van der Waals surface area contributed by atoms with E-state index < -0.39 is 6.10 Å². The van der Waals surface area contributed by atoms with Gasteiger partial charge in [-0.25, -0.2) is 0 Å². The third kappa shape index (κ3) is 5.33. The highest BCUT2D eigenvalue weighted by Crippen LogP contribution is 2.11. The Kier molecular flexibility index (Phi) is 6.03. The van der Waals surface area contributed by atoms with Crippen molar-refractivity contribution in [2.75, 3.05) is 6.61 Å². The molecule has 0 fully saturated rings. The highest BCUT2D eigenvalue weighted by Gasteiger charge is 2.11. The molecule has 2 atom stereocenters. The van der Waals surface area contributed by atoms with Gasteiger partial charge in [0.15, 0.2) is 0 Å². The molecule has 0 saturated carbocycles. The third-order valence-corrected chi connectivity index (χ3v) is 2.02. The molecule has 0 aliphatic heterocycles. The monoisotopic (exact) mass is 172 g/mol. The average molecular weight is 172 g/mol. The molecule has 72 valence electrons. The van der Waals surface area contributed by atoms with Crippen molar-refractivity contribution >= 4 is 0 Å². The maximum atomic E-state index is 9.22. The minimum atomic E-state index is -0.560. The van der Waals surface area contributed by atoms with Crippen molar-refractivity contribution in [1.82, 2.24) is 0 Å². The fraction of sp³-hybridized carbons (Fsp3) is 0.800. The Morgan fingerprint density at radius 3 is 2.42 bits per heavy atom. The van der Waals surface area contributed by atoms with E-state index in [0.29, 0.717) is 0 Å². The Morgan fingerprint density at radius 2 is 2.00 bits per heavy atom. The zero-order valence-corrected chi connectivity index (χ0v) is 8.25. The zero-order chi connectivity index (χ0) is 9.56. The lowest BCUT2D eigenvalue weighted by Gasteiger charge is -2.15. The standard InChI is InChI=1S/C10H20O2/c1-8(2)5-4-6-9(3)10(12)7-11/h5,9-12H,4,6-7H2,1-3H3/t9-,10?/m0/s1. The van der Waals surface area contributed by atoms with Crippen molar-refractivity contribution in [3.63, 3.8) is 0 Å². The van der Waals surface area contributed by atoms with Crippen LogP contribution in [0.4, 0.5) is 0 Å². The highest BCUT2D eigenvalue weighted by molar-refractivity contribution is 4.92. The van der Waals surface area contributed by atoms with E-state index in [9.17, 15) is 5.11 Å². The summed E-state index contributed by atoms with van der Waals surface area (Å²) in [6.07, 6.45) is 3.52. The fourth-order valence-corrected chi connectivity index (χ4v) is 1.01. The first kappa shape index (κ1) is 11.7. The predicted molar refractivity (Wildman–Crippen MR) is 50.9 cm³/mol. The molecule has 0 rings (SSSR count). The van der Waals surface area contributed by atoms with Gasteiger partial charge in [-0.15, -0.1) is 0 Å². The van der Waals surface area contributed by atoms with E-state index in [4.69, 9.17) is 5.11 Å². The number of aliphatic hydroxyl groups is 2. The number of hydrogen-bond acceptors (Lipinski definition) is 2. The minimum absolute atomic E-state index is 0.129. The van der Waals surface area contributed by atoms with Crippen LogP contribution in [0, 0.1) is 5.92 Å². The van der Waals surface area contributed by atoms with Gasteiger partial charge >= 0.3 is 0 Å². The van der Waals surface area contributed by atoms with Crippen LogP contribution in [0.15, 0.2) is 11.6 Å². The van der Waals surface area contributed by atoms with Gasteiger partial charge in [-0.2, -0.15) is 0 Å². The van der Waals surface area contributed by atoms with Gasteiger partial charge in [0, 0.05) is 0 Å². The van der Waals surface area contributed by atoms with Gasteiger partial charge in [0.1, 0.15) is 0 Å². The van der Waals surface area contributed by atoms with Crippen molar-refractivity contribution in [2.45, 2.75) is 39.7 Å². The Bertz CT molecular complexity index is 137. The predicted octanol–water partition coefficient (Wildman–Crippen LogP) is 1.72. The highest BCUT2D eigenvalue weighted by atomic mass is 16.3. The summed E-state index contributed by atoms with van der Waals surface area (Å²) in [5.41, 5.74) is 1.31. The SMILES string of the molecule is CC(C)=CCC[C@H](C)C(O)CO. The summed E-state index contributed by atoms with van der Waals surface area (Å²) in [6.45, 7) is 5.95. The minimum Gasteiger partial charge on any atom is -0.394 e. The van der Waals surface area contributed by atoms with Crippen LogP contribution in [0.5, 0.6) is 0 Å². The second-order valence-electron chi connectivity index (χ2n) is 3.59. The molecule has 2 heteroatoms. The first-order valence-electron chi connectivity index (χ1n) is 4.50. The normalized spacial score (nSPS) is 15.4. The maximum Gasteiger partial charge on any atom is 0.0796 e. The van der Waals surface area contributed by atoms with Crippen molar-refractivity contribution in [2.24, 2.45) is 5.92 Å². The van der Waals surface area contributed by atoms with Crippen molar-refractivity contribution in [1.29, 1.82) is 0 Å². The molecule has 2 N–H and O–H groups in total. The smallest absolute Gasteiger partial charge is 0.0796 e. The Hall–Kier alpha value is -0.340. The molecular weight excluding hydrogens is 152 g/mol. The van der Waals surface area contributed by atoms with E-state index in [0.717, 1.165) is 12.8 Å². The van der Waals surface area contributed by atoms with Gasteiger partial charge in [-0.1, -0.05) is 18.6 Å². The van der Waals surface area contributed by atoms with E-state index in [2.05, 4.69) is 19.9 Å². The molecule has 0 aromatic carbocycles. The molecule has 0 aliphatic carbocycles. The van der Waals surface area contributed by atoms with Crippen LogP contribution >= 0.6 is 0 Å². The molecule has 0 aliphatic rings. The molecule has 2 nitrogen and oxygen atoms in total. The van der Waals surface area contributed by atoms with E-state index in [1.54, 1.807) is 0 Å². The lowest BCUT2D eigenvalue weighted by atomic mass is 9.99. The third-order valence-electron chi connectivity index (χ3n) is 2.02. The van der Waals surface area contributed by atoms with Gasteiger partial charge in [-0.05, 0) is 32.6 Å². The van der Waals surface area contributed by atoms with Crippen molar-refractivity contribution in [3.05, 3.63) is 11.6 Å². The largest absolute Gasteiger partial charge is 0.394 e. The van der Waals surface area contributed by atoms with Gasteiger partial charge in [0.2, 0.25) is 0 Å². The van der Waals surface area contributed by atoms with Crippen LogP contribution in [0.3, 0.4) is 0 Å². The number of aliphatic hydroxyl groups excluding tert-OH is 2. The number of allylic oxidation sites excluding steroid dienone is 2. The summed E-state index contributed by atoms with van der Waals surface area (Å²) in [6, 6.07) is 0. The molecule has 0 amide bonds. The summed E-state index contributed by atoms with van der Waals surface area (Å²) in [4.78, 5) is 0. The summed E-state index contributed by atoms with van der Waals surface area (Å²) in [7, 11) is 0. The second kappa shape index (κ2) is 6.21. The molecule has 0 aromatic rings. The molecule has 0 aromatic heterocycles.